The lowest BCUT2D eigenvalue weighted by molar-refractivity contribution is -0.302. The van der Waals surface area contributed by atoms with E-state index in [1.54, 1.807) is 6.08 Å². The highest BCUT2D eigenvalue weighted by Gasteiger charge is 2.44. The van der Waals surface area contributed by atoms with Crippen LogP contribution >= 0.6 is 0 Å². The molecule has 1 aliphatic heterocycles. The zero-order valence-corrected chi connectivity index (χ0v) is 41.6. The van der Waals surface area contributed by atoms with Gasteiger partial charge in [-0.15, -0.1) is 0 Å². The lowest BCUT2D eigenvalue weighted by atomic mass is 9.99. The number of hydrogen-bond donors (Lipinski definition) is 7. The van der Waals surface area contributed by atoms with Crippen molar-refractivity contribution in [2.75, 3.05) is 13.2 Å². The highest BCUT2D eigenvalue weighted by atomic mass is 16.7. The first kappa shape index (κ1) is 61.1. The van der Waals surface area contributed by atoms with Crippen LogP contribution in [0.15, 0.2) is 48.6 Å². The summed E-state index contributed by atoms with van der Waals surface area (Å²) in [5.74, 6) is -0.631. The van der Waals surface area contributed by atoms with Gasteiger partial charge in [-0.3, -0.25) is 4.79 Å². The van der Waals surface area contributed by atoms with Crippen LogP contribution in [0.2, 0.25) is 0 Å². The van der Waals surface area contributed by atoms with E-state index < -0.39 is 61.5 Å². The zero-order valence-electron chi connectivity index (χ0n) is 41.6. The molecule has 0 aromatic carbocycles. The van der Waals surface area contributed by atoms with Gasteiger partial charge in [0.05, 0.1) is 25.4 Å². The summed E-state index contributed by atoms with van der Waals surface area (Å²) in [6.45, 7) is 3.54. The monoisotopic (exact) mass is 920 g/mol. The van der Waals surface area contributed by atoms with Crippen LogP contribution in [0.5, 0.6) is 0 Å². The van der Waals surface area contributed by atoms with Crippen molar-refractivity contribution in [3.05, 3.63) is 48.6 Å². The van der Waals surface area contributed by atoms with Crippen LogP contribution in [0.4, 0.5) is 0 Å². The number of unbranched alkanes of at least 4 members (excludes halogenated alkanes) is 28. The highest BCUT2D eigenvalue weighted by molar-refractivity contribution is 5.80. The van der Waals surface area contributed by atoms with Gasteiger partial charge in [-0.2, -0.15) is 0 Å². The van der Waals surface area contributed by atoms with Crippen LogP contribution in [-0.2, 0) is 14.3 Å². The Kier molecular flexibility index (Phi) is 41.9. The summed E-state index contributed by atoms with van der Waals surface area (Å²) in [6, 6.07) is -1.00. The summed E-state index contributed by atoms with van der Waals surface area (Å²) in [4.78, 5) is 13.1. The average Bonchev–Trinajstić information content (AvgIpc) is 3.31. The quantitative estimate of drug-likeness (QED) is 0.0232. The highest BCUT2D eigenvalue weighted by Crippen LogP contribution is 2.23. The summed E-state index contributed by atoms with van der Waals surface area (Å²) in [6.07, 6.45) is 48.0. The Hall–Kier alpha value is -1.89. The first-order valence-electron chi connectivity index (χ1n) is 27.0. The fourth-order valence-electron chi connectivity index (χ4n) is 8.29. The minimum Gasteiger partial charge on any atom is -0.394 e. The van der Waals surface area contributed by atoms with Gasteiger partial charge < -0.3 is 45.4 Å². The number of amides is 1. The van der Waals surface area contributed by atoms with Crippen molar-refractivity contribution in [3.63, 3.8) is 0 Å². The van der Waals surface area contributed by atoms with Crippen molar-refractivity contribution < 1.29 is 44.9 Å². The Bertz CT molecular complexity index is 1180. The topological polar surface area (TPSA) is 169 Å². The van der Waals surface area contributed by atoms with E-state index in [-0.39, 0.29) is 6.61 Å². The molecule has 7 N–H and O–H groups in total. The molecule has 1 heterocycles. The second-order valence-corrected chi connectivity index (χ2v) is 18.8. The standard InChI is InChI=1S/C55H101NO9/c1-3-5-7-9-11-13-15-17-18-19-20-21-22-23-24-25-26-27-28-29-30-31-32-34-36-38-40-42-44-49(59)54(63)56-47(46-64-55-53(62)52(61)51(60)50(45-57)65-55)48(58)43-41-39-37-35-33-16-14-12-10-8-6-4-2/h10,12,23-24,33,35,41,43,47-53,55,57-62H,3-9,11,13-22,25-32,34,36-40,42,44-46H2,1-2H3,(H,56,63)/b12-10+,24-23-,35-33+,43-41+. The number of hydrogen-bond acceptors (Lipinski definition) is 9. The van der Waals surface area contributed by atoms with E-state index in [2.05, 4.69) is 55.6 Å². The van der Waals surface area contributed by atoms with Gasteiger partial charge >= 0.3 is 0 Å². The molecule has 0 spiro atoms. The van der Waals surface area contributed by atoms with E-state index in [9.17, 15) is 35.4 Å². The van der Waals surface area contributed by atoms with E-state index in [0.717, 1.165) is 44.9 Å². The molecule has 0 aromatic rings. The molecule has 1 saturated heterocycles. The van der Waals surface area contributed by atoms with Gasteiger partial charge in [-0.1, -0.05) is 217 Å². The van der Waals surface area contributed by atoms with Gasteiger partial charge in [0.25, 0.3) is 0 Å². The summed E-state index contributed by atoms with van der Waals surface area (Å²) in [5.41, 5.74) is 0. The van der Waals surface area contributed by atoms with Crippen molar-refractivity contribution in [2.24, 2.45) is 0 Å². The SMILES string of the molecule is CCCC/C=C/CC/C=C/CC/C=C/C(O)C(COC1OC(CO)C(O)C(O)C1O)NC(=O)C(O)CCCCCCCCCCCCCC/C=C\CCCCCCCCCCCCCC. The van der Waals surface area contributed by atoms with Gasteiger partial charge in [0.15, 0.2) is 6.29 Å². The predicted molar refractivity (Wildman–Crippen MR) is 269 cm³/mol. The van der Waals surface area contributed by atoms with E-state index in [0.29, 0.717) is 19.3 Å². The van der Waals surface area contributed by atoms with Crippen LogP contribution in [0, 0.1) is 0 Å². The Labute approximate surface area is 397 Å². The lowest BCUT2D eigenvalue weighted by Crippen LogP contribution is -2.60. The third kappa shape index (κ3) is 34.1. The van der Waals surface area contributed by atoms with Crippen LogP contribution in [-0.4, -0.2) is 98.7 Å². The fourth-order valence-corrected chi connectivity index (χ4v) is 8.29. The Morgan fingerprint density at radius 2 is 0.923 bits per heavy atom. The third-order valence-electron chi connectivity index (χ3n) is 12.7. The van der Waals surface area contributed by atoms with Gasteiger partial charge in [0, 0.05) is 0 Å². The summed E-state index contributed by atoms with van der Waals surface area (Å²) in [5, 5.41) is 64.7. The Balaban J connectivity index is 2.23. The average molecular weight is 920 g/mol. The number of rotatable bonds is 45. The molecule has 1 rings (SSSR count). The van der Waals surface area contributed by atoms with Crippen LogP contribution in [0.3, 0.4) is 0 Å². The van der Waals surface area contributed by atoms with Crippen LogP contribution in [0.25, 0.3) is 0 Å². The van der Waals surface area contributed by atoms with Crippen molar-refractivity contribution in [1.82, 2.24) is 5.32 Å². The Morgan fingerprint density at radius 1 is 0.523 bits per heavy atom. The molecule has 1 aliphatic rings. The number of aliphatic hydroxyl groups is 6. The molecule has 0 radical (unpaired) electrons. The molecule has 8 unspecified atom stereocenters. The smallest absolute Gasteiger partial charge is 0.249 e. The molecule has 8 atom stereocenters. The minimum absolute atomic E-state index is 0.300. The second kappa shape index (κ2) is 44.6. The molecule has 10 heteroatoms. The van der Waals surface area contributed by atoms with Crippen molar-refractivity contribution >= 4 is 5.91 Å². The first-order valence-corrected chi connectivity index (χ1v) is 27.0. The number of allylic oxidation sites excluding steroid dienone is 7. The molecule has 1 fully saturated rings. The number of carbonyl (C=O) groups is 1. The van der Waals surface area contributed by atoms with Crippen molar-refractivity contribution in [3.8, 4) is 0 Å². The number of aliphatic hydroxyl groups excluding tert-OH is 6. The summed E-state index contributed by atoms with van der Waals surface area (Å²) < 4.78 is 11.1. The molecule has 0 bridgehead atoms. The van der Waals surface area contributed by atoms with Gasteiger partial charge in [0.2, 0.25) is 5.91 Å². The number of carbonyl (C=O) groups excluding carboxylic acids is 1. The van der Waals surface area contributed by atoms with Crippen molar-refractivity contribution in [1.29, 1.82) is 0 Å². The molecule has 10 nitrogen and oxygen atoms in total. The zero-order chi connectivity index (χ0) is 47.4. The number of nitrogens with one attached hydrogen (secondary N) is 1. The molecule has 0 saturated carbocycles. The molecular formula is C55H101NO9. The third-order valence-corrected chi connectivity index (χ3v) is 12.7. The summed E-state index contributed by atoms with van der Waals surface area (Å²) >= 11 is 0. The Morgan fingerprint density at radius 3 is 1.38 bits per heavy atom. The predicted octanol–water partition coefficient (Wildman–Crippen LogP) is 11.5. The maximum absolute atomic E-state index is 13.1. The van der Waals surface area contributed by atoms with Gasteiger partial charge in [-0.05, 0) is 64.2 Å². The molecule has 0 aromatic heterocycles. The lowest BCUT2D eigenvalue weighted by Gasteiger charge is -2.40. The molecule has 0 aliphatic carbocycles. The van der Waals surface area contributed by atoms with Gasteiger partial charge in [0.1, 0.15) is 30.5 Å². The largest absolute Gasteiger partial charge is 0.394 e. The van der Waals surface area contributed by atoms with Crippen molar-refractivity contribution in [2.45, 2.75) is 281 Å². The first-order chi connectivity index (χ1) is 31.8. The molecule has 65 heavy (non-hydrogen) atoms. The normalized spacial score (nSPS) is 20.8. The second-order valence-electron chi connectivity index (χ2n) is 18.8. The van der Waals surface area contributed by atoms with E-state index >= 15 is 0 Å². The fraction of sp³-hybridized carbons (Fsp3) is 0.836. The molecule has 380 valence electrons. The van der Waals surface area contributed by atoms with Gasteiger partial charge in [-0.25, -0.2) is 0 Å². The molecular weight excluding hydrogens is 819 g/mol. The molecule has 1 amide bonds. The van der Waals surface area contributed by atoms with E-state index in [1.165, 1.54) is 154 Å². The minimum atomic E-state index is -1.62. The number of ether oxygens (including phenoxy) is 2. The van der Waals surface area contributed by atoms with E-state index in [4.69, 9.17) is 9.47 Å². The maximum atomic E-state index is 13.1. The maximum Gasteiger partial charge on any atom is 0.249 e. The van der Waals surface area contributed by atoms with E-state index in [1.807, 2.05) is 6.08 Å². The summed E-state index contributed by atoms with van der Waals surface area (Å²) in [7, 11) is 0. The van der Waals surface area contributed by atoms with Crippen LogP contribution in [0.1, 0.15) is 232 Å². The van der Waals surface area contributed by atoms with Crippen LogP contribution < -0.4 is 5.32 Å².